The van der Waals surface area contributed by atoms with Gasteiger partial charge in [-0.15, -0.1) is 0 Å². The molecule has 0 spiro atoms. The molecule has 3 saturated carbocycles. The van der Waals surface area contributed by atoms with Crippen LogP contribution in [0.25, 0.3) is 0 Å². The van der Waals surface area contributed by atoms with Gasteiger partial charge in [0.05, 0.1) is 13.2 Å². The van der Waals surface area contributed by atoms with Gasteiger partial charge in [0.1, 0.15) is 0 Å². The van der Waals surface area contributed by atoms with Crippen LogP contribution in [0.15, 0.2) is 30.3 Å². The van der Waals surface area contributed by atoms with Crippen molar-refractivity contribution < 1.29 is 4.74 Å². The smallest absolute Gasteiger partial charge is 0.0717 e. The largest absolute Gasteiger partial charge is 0.376 e. The molecule has 0 amide bonds. The van der Waals surface area contributed by atoms with Crippen LogP contribution in [0, 0.1) is 17.3 Å². The average molecular weight is 271 g/mol. The van der Waals surface area contributed by atoms with E-state index in [1.807, 2.05) is 0 Å². The molecule has 3 aliphatic rings. The van der Waals surface area contributed by atoms with Crippen molar-refractivity contribution in [3.05, 3.63) is 35.9 Å². The molecule has 0 aliphatic heterocycles. The normalized spacial score (nSPS) is 35.0. The van der Waals surface area contributed by atoms with E-state index in [0.717, 1.165) is 31.1 Å². The molecule has 20 heavy (non-hydrogen) atoms. The highest BCUT2D eigenvalue weighted by Gasteiger charge is 2.53. The fourth-order valence-electron chi connectivity index (χ4n) is 3.93. The summed E-state index contributed by atoms with van der Waals surface area (Å²) in [7, 11) is 0. The molecular formula is C18H25NO. The molecule has 2 heteroatoms. The van der Waals surface area contributed by atoms with Crippen molar-refractivity contribution in [1.82, 2.24) is 5.32 Å². The number of hydrogen-bond donors (Lipinski definition) is 1. The van der Waals surface area contributed by atoms with Gasteiger partial charge in [0.2, 0.25) is 0 Å². The van der Waals surface area contributed by atoms with E-state index in [9.17, 15) is 0 Å². The van der Waals surface area contributed by atoms with E-state index in [2.05, 4.69) is 35.6 Å². The molecule has 2 atom stereocenters. The van der Waals surface area contributed by atoms with Crippen LogP contribution < -0.4 is 5.32 Å². The zero-order valence-electron chi connectivity index (χ0n) is 12.2. The van der Waals surface area contributed by atoms with E-state index < -0.39 is 0 Å². The van der Waals surface area contributed by atoms with Gasteiger partial charge >= 0.3 is 0 Å². The van der Waals surface area contributed by atoms with E-state index in [1.165, 1.54) is 44.2 Å². The van der Waals surface area contributed by atoms with Crippen LogP contribution >= 0.6 is 0 Å². The van der Waals surface area contributed by atoms with Crippen LogP contribution in [0.1, 0.15) is 37.7 Å². The molecular weight excluding hydrogens is 246 g/mol. The lowest BCUT2D eigenvalue weighted by Crippen LogP contribution is -2.38. The summed E-state index contributed by atoms with van der Waals surface area (Å²) in [6.07, 6.45) is 7.05. The van der Waals surface area contributed by atoms with Crippen molar-refractivity contribution in [2.45, 2.75) is 44.8 Å². The molecule has 1 aromatic carbocycles. The minimum Gasteiger partial charge on any atom is -0.376 e. The predicted octanol–water partition coefficient (Wildman–Crippen LogP) is 3.37. The molecule has 0 radical (unpaired) electrons. The summed E-state index contributed by atoms with van der Waals surface area (Å²) < 4.78 is 6.09. The molecule has 2 unspecified atom stereocenters. The third-order valence-electron chi connectivity index (χ3n) is 5.32. The lowest BCUT2D eigenvalue weighted by Gasteiger charge is -2.31. The fraction of sp³-hybridized carbons (Fsp3) is 0.667. The summed E-state index contributed by atoms with van der Waals surface area (Å²) in [6.45, 7) is 2.88. The van der Waals surface area contributed by atoms with Crippen molar-refractivity contribution in [3.8, 4) is 0 Å². The van der Waals surface area contributed by atoms with Gasteiger partial charge in [0, 0.05) is 18.0 Å². The summed E-state index contributed by atoms with van der Waals surface area (Å²) >= 11 is 0. The number of ether oxygens (including phenoxy) is 1. The lowest BCUT2D eigenvalue weighted by molar-refractivity contribution is 0.0292. The Morgan fingerprint density at radius 1 is 1.10 bits per heavy atom. The predicted molar refractivity (Wildman–Crippen MR) is 80.4 cm³/mol. The van der Waals surface area contributed by atoms with Crippen LogP contribution in [0.2, 0.25) is 0 Å². The van der Waals surface area contributed by atoms with Crippen molar-refractivity contribution in [1.29, 1.82) is 0 Å². The highest BCUT2D eigenvalue weighted by Crippen LogP contribution is 2.59. The Bertz CT molecular complexity index is 444. The topological polar surface area (TPSA) is 21.3 Å². The quantitative estimate of drug-likeness (QED) is 0.821. The maximum Gasteiger partial charge on any atom is 0.0717 e. The number of benzene rings is 1. The van der Waals surface area contributed by atoms with E-state index in [1.54, 1.807) is 0 Å². The second-order valence-corrected chi connectivity index (χ2v) is 7.30. The highest BCUT2D eigenvalue weighted by atomic mass is 16.5. The van der Waals surface area contributed by atoms with Gasteiger partial charge < -0.3 is 10.1 Å². The fourth-order valence-corrected chi connectivity index (χ4v) is 3.93. The van der Waals surface area contributed by atoms with Gasteiger partial charge in [0.25, 0.3) is 0 Å². The Kier molecular flexibility index (Phi) is 3.31. The third kappa shape index (κ3) is 2.91. The first kappa shape index (κ1) is 12.8. The number of rotatable bonds is 7. The Balaban J connectivity index is 1.31. The van der Waals surface area contributed by atoms with E-state index in [-0.39, 0.29) is 0 Å². The van der Waals surface area contributed by atoms with Gasteiger partial charge in [-0.05, 0) is 49.5 Å². The highest BCUT2D eigenvalue weighted by molar-refractivity contribution is 5.13. The Morgan fingerprint density at radius 3 is 2.55 bits per heavy atom. The summed E-state index contributed by atoms with van der Waals surface area (Å²) in [5, 5.41) is 3.75. The van der Waals surface area contributed by atoms with E-state index in [0.29, 0.717) is 5.41 Å². The average Bonchev–Trinajstić information content (AvgIpc) is 3.39. The Morgan fingerprint density at radius 2 is 1.85 bits per heavy atom. The second-order valence-electron chi connectivity index (χ2n) is 7.30. The van der Waals surface area contributed by atoms with Crippen LogP contribution in [0.5, 0.6) is 0 Å². The molecule has 108 valence electrons. The van der Waals surface area contributed by atoms with Crippen molar-refractivity contribution in [2.24, 2.45) is 17.3 Å². The van der Waals surface area contributed by atoms with E-state index in [4.69, 9.17) is 4.74 Å². The first-order valence-electron chi connectivity index (χ1n) is 8.18. The van der Waals surface area contributed by atoms with Gasteiger partial charge in [-0.2, -0.15) is 0 Å². The summed E-state index contributed by atoms with van der Waals surface area (Å²) in [5.41, 5.74) is 1.73. The molecule has 1 N–H and O–H groups in total. The molecule has 3 aliphatic carbocycles. The van der Waals surface area contributed by atoms with Crippen LogP contribution in [0.3, 0.4) is 0 Å². The van der Waals surface area contributed by atoms with Crippen LogP contribution in [0.4, 0.5) is 0 Å². The SMILES string of the molecule is c1ccc(COCC2(CNC3CC3)CC3CC3C2)cc1. The minimum absolute atomic E-state index is 0.435. The van der Waals surface area contributed by atoms with Crippen molar-refractivity contribution in [2.75, 3.05) is 13.2 Å². The molecule has 3 fully saturated rings. The van der Waals surface area contributed by atoms with Crippen molar-refractivity contribution >= 4 is 0 Å². The maximum absolute atomic E-state index is 6.09. The zero-order chi connectivity index (χ0) is 13.4. The van der Waals surface area contributed by atoms with Gasteiger partial charge in [-0.1, -0.05) is 30.3 Å². The second kappa shape index (κ2) is 5.16. The van der Waals surface area contributed by atoms with E-state index >= 15 is 0 Å². The molecule has 0 bridgehead atoms. The number of hydrogen-bond acceptors (Lipinski definition) is 2. The van der Waals surface area contributed by atoms with Crippen molar-refractivity contribution in [3.63, 3.8) is 0 Å². The maximum atomic E-state index is 6.09. The third-order valence-corrected chi connectivity index (χ3v) is 5.32. The molecule has 0 saturated heterocycles. The Hall–Kier alpha value is -0.860. The van der Waals surface area contributed by atoms with Crippen LogP contribution in [-0.4, -0.2) is 19.2 Å². The standard InChI is InChI=1S/C18H25NO/c1-2-4-14(5-3-1)11-20-13-18(12-19-17-6-7-17)9-15-8-16(15)10-18/h1-5,15-17,19H,6-13H2. The lowest BCUT2D eigenvalue weighted by atomic mass is 9.83. The first-order valence-corrected chi connectivity index (χ1v) is 8.18. The monoisotopic (exact) mass is 271 g/mol. The molecule has 0 heterocycles. The van der Waals surface area contributed by atoms with Crippen LogP contribution in [-0.2, 0) is 11.3 Å². The van der Waals surface area contributed by atoms with Gasteiger partial charge in [-0.25, -0.2) is 0 Å². The summed E-state index contributed by atoms with van der Waals surface area (Å²) in [6, 6.07) is 11.4. The Labute approximate surface area is 121 Å². The zero-order valence-corrected chi connectivity index (χ0v) is 12.2. The minimum atomic E-state index is 0.435. The molecule has 2 nitrogen and oxygen atoms in total. The molecule has 0 aromatic heterocycles. The summed E-state index contributed by atoms with van der Waals surface area (Å²) in [5.74, 6) is 2.05. The first-order chi connectivity index (χ1) is 9.83. The molecule has 1 aromatic rings. The summed E-state index contributed by atoms with van der Waals surface area (Å²) in [4.78, 5) is 0. The molecule has 4 rings (SSSR count). The van der Waals surface area contributed by atoms with Gasteiger partial charge in [-0.3, -0.25) is 0 Å². The number of nitrogens with one attached hydrogen (secondary N) is 1. The van der Waals surface area contributed by atoms with Gasteiger partial charge in [0.15, 0.2) is 0 Å². The number of fused-ring (bicyclic) bond motifs is 1.